The summed E-state index contributed by atoms with van der Waals surface area (Å²) in [6, 6.07) is 0. The van der Waals surface area contributed by atoms with E-state index in [-0.39, 0.29) is 17.4 Å². The summed E-state index contributed by atoms with van der Waals surface area (Å²) in [5.41, 5.74) is 0.370. The summed E-state index contributed by atoms with van der Waals surface area (Å²) in [7, 11) is 3.44. The van der Waals surface area contributed by atoms with Crippen molar-refractivity contribution in [3.63, 3.8) is 0 Å². The van der Waals surface area contributed by atoms with Gasteiger partial charge in [0.15, 0.2) is 11.2 Å². The largest absolute Gasteiger partial charge is 0.392 e. The first kappa shape index (κ1) is 32.3. The number of aliphatic hydroxyl groups is 1. The van der Waals surface area contributed by atoms with Gasteiger partial charge in [-0.25, -0.2) is 9.78 Å². The molecule has 0 amide bonds. The second-order valence-corrected chi connectivity index (χ2v) is 11.1. The third-order valence-electron chi connectivity index (χ3n) is 7.71. The van der Waals surface area contributed by atoms with Gasteiger partial charge in [-0.05, 0) is 25.8 Å². The van der Waals surface area contributed by atoms with Crippen LogP contribution in [0.4, 0.5) is 0 Å². The summed E-state index contributed by atoms with van der Waals surface area (Å²) in [4.78, 5) is 29.4. The van der Waals surface area contributed by atoms with Gasteiger partial charge < -0.3 is 15.0 Å². The van der Waals surface area contributed by atoms with Crippen LogP contribution in [0.2, 0.25) is 0 Å². The molecule has 0 saturated carbocycles. The minimum Gasteiger partial charge on any atom is -0.392 e. The summed E-state index contributed by atoms with van der Waals surface area (Å²) < 4.78 is 4.48. The summed E-state index contributed by atoms with van der Waals surface area (Å²) in [5.74, 6) is 0. The zero-order valence-electron chi connectivity index (χ0n) is 24.6. The zero-order valence-corrected chi connectivity index (χ0v) is 24.6. The fourth-order valence-electron chi connectivity index (χ4n) is 5.24. The molecule has 8 nitrogen and oxygen atoms in total. The van der Waals surface area contributed by atoms with Crippen LogP contribution in [0.5, 0.6) is 0 Å². The quantitative estimate of drug-likeness (QED) is 0.186. The number of hydrogen-bond acceptors (Lipinski definition) is 5. The highest BCUT2D eigenvalue weighted by Gasteiger charge is 2.14. The third kappa shape index (κ3) is 11.4. The van der Waals surface area contributed by atoms with Gasteiger partial charge in [0.2, 0.25) is 0 Å². The molecule has 2 aromatic rings. The van der Waals surface area contributed by atoms with Crippen molar-refractivity contribution < 1.29 is 5.11 Å². The van der Waals surface area contributed by atoms with E-state index >= 15 is 0 Å². The summed E-state index contributed by atoms with van der Waals surface area (Å²) >= 11 is 0. The molecule has 2 aromatic heterocycles. The fraction of sp³-hybridized carbons (Fsp3) is 0.833. The smallest absolute Gasteiger partial charge is 0.332 e. The number of nitrogens with zero attached hydrogens (tertiary/aromatic N) is 4. The van der Waals surface area contributed by atoms with Crippen LogP contribution in [0.25, 0.3) is 11.2 Å². The van der Waals surface area contributed by atoms with Crippen LogP contribution in [0.3, 0.4) is 0 Å². The van der Waals surface area contributed by atoms with Gasteiger partial charge >= 0.3 is 5.69 Å². The highest BCUT2D eigenvalue weighted by atomic mass is 16.3. The lowest BCUT2D eigenvalue weighted by molar-refractivity contribution is 0.158. The maximum atomic E-state index is 12.7. The Hall–Kier alpha value is -1.93. The number of rotatable bonds is 23. The minimum atomic E-state index is -0.294. The van der Waals surface area contributed by atoms with E-state index < -0.39 is 0 Å². The van der Waals surface area contributed by atoms with Crippen molar-refractivity contribution in [2.45, 2.75) is 135 Å². The Kier molecular flexibility index (Phi) is 16.3. The van der Waals surface area contributed by atoms with Crippen LogP contribution in [0.15, 0.2) is 15.9 Å². The lowest BCUT2D eigenvalue weighted by atomic mass is 10.1. The van der Waals surface area contributed by atoms with Gasteiger partial charge in [-0.3, -0.25) is 13.9 Å². The molecule has 1 atom stereocenters. The lowest BCUT2D eigenvalue weighted by Crippen LogP contribution is -2.39. The number of aryl methyl sites for hydroxylation is 2. The second kappa shape index (κ2) is 19.2. The molecule has 2 rings (SSSR count). The Balaban J connectivity index is 1.41. The predicted molar refractivity (Wildman–Crippen MR) is 158 cm³/mol. The van der Waals surface area contributed by atoms with Crippen LogP contribution in [0, 0.1) is 0 Å². The molecule has 2 heterocycles. The van der Waals surface area contributed by atoms with Gasteiger partial charge in [-0.1, -0.05) is 103 Å². The van der Waals surface area contributed by atoms with Gasteiger partial charge in [-0.2, -0.15) is 0 Å². The van der Waals surface area contributed by atoms with Crippen LogP contribution >= 0.6 is 0 Å². The molecule has 2 N–H and O–H groups in total. The molecule has 0 saturated heterocycles. The maximum Gasteiger partial charge on any atom is 0.332 e. The molecule has 0 spiro atoms. The van der Waals surface area contributed by atoms with Crippen LogP contribution in [0.1, 0.15) is 122 Å². The molecule has 0 aliphatic heterocycles. The minimum absolute atomic E-state index is 0.240. The van der Waals surface area contributed by atoms with Crippen molar-refractivity contribution in [1.29, 1.82) is 0 Å². The number of hydrogen-bond donors (Lipinski definition) is 2. The van der Waals surface area contributed by atoms with Crippen molar-refractivity contribution >= 4 is 11.2 Å². The lowest BCUT2D eigenvalue weighted by Gasteiger charge is -2.12. The first-order valence-corrected chi connectivity index (χ1v) is 15.5. The SMILES string of the molecule is CCCCCCCCCCCCNC[C@@H](O)CCCCCCCCCn1c(=O)c2c(ncn2C)n(C)c1=O. The Morgan fingerprint density at radius 2 is 1.37 bits per heavy atom. The molecule has 218 valence electrons. The number of nitrogens with one attached hydrogen (secondary N) is 1. The van der Waals surface area contributed by atoms with Crippen LogP contribution in [-0.4, -0.2) is 43.0 Å². The van der Waals surface area contributed by atoms with Gasteiger partial charge in [0, 0.05) is 27.2 Å². The van der Waals surface area contributed by atoms with E-state index in [1.54, 1.807) is 25.0 Å². The molecule has 38 heavy (non-hydrogen) atoms. The van der Waals surface area contributed by atoms with Gasteiger partial charge in [-0.15, -0.1) is 0 Å². The van der Waals surface area contributed by atoms with E-state index in [1.165, 1.54) is 79.8 Å². The van der Waals surface area contributed by atoms with E-state index in [2.05, 4.69) is 17.2 Å². The van der Waals surface area contributed by atoms with Crippen molar-refractivity contribution in [3.05, 3.63) is 27.2 Å². The number of fused-ring (bicyclic) bond motifs is 1. The zero-order chi connectivity index (χ0) is 27.6. The van der Waals surface area contributed by atoms with E-state index in [4.69, 9.17) is 0 Å². The first-order chi connectivity index (χ1) is 18.5. The number of aromatic nitrogens is 4. The number of imidazole rings is 1. The Morgan fingerprint density at radius 1 is 0.816 bits per heavy atom. The molecular weight excluding hydrogens is 478 g/mol. The van der Waals surface area contributed by atoms with Crippen molar-refractivity contribution in [2.75, 3.05) is 13.1 Å². The molecule has 0 aliphatic carbocycles. The van der Waals surface area contributed by atoms with E-state index in [9.17, 15) is 14.7 Å². The van der Waals surface area contributed by atoms with E-state index in [0.29, 0.717) is 24.3 Å². The second-order valence-electron chi connectivity index (χ2n) is 11.1. The van der Waals surface area contributed by atoms with E-state index in [0.717, 1.165) is 51.5 Å². The van der Waals surface area contributed by atoms with Crippen molar-refractivity contribution in [3.8, 4) is 0 Å². The van der Waals surface area contributed by atoms with Crippen molar-refractivity contribution in [1.82, 2.24) is 24.0 Å². The van der Waals surface area contributed by atoms with Crippen LogP contribution < -0.4 is 16.6 Å². The molecule has 0 aliphatic rings. The molecular formula is C30H55N5O3. The number of aliphatic hydroxyl groups excluding tert-OH is 1. The summed E-state index contributed by atoms with van der Waals surface area (Å²) in [6.07, 6.45) is 23.2. The Bertz CT molecular complexity index is 1010. The molecule has 0 bridgehead atoms. The summed E-state index contributed by atoms with van der Waals surface area (Å²) in [5, 5.41) is 13.6. The first-order valence-electron chi connectivity index (χ1n) is 15.5. The average molecular weight is 534 g/mol. The normalized spacial score (nSPS) is 12.5. The predicted octanol–water partition coefficient (Wildman–Crippen LogP) is 5.43. The fourth-order valence-corrected chi connectivity index (χ4v) is 5.24. The van der Waals surface area contributed by atoms with Gasteiger partial charge in [0.05, 0.1) is 12.4 Å². The van der Waals surface area contributed by atoms with Crippen LogP contribution in [-0.2, 0) is 20.6 Å². The topological polar surface area (TPSA) is 94.1 Å². The third-order valence-corrected chi connectivity index (χ3v) is 7.71. The Labute approximate surface area is 229 Å². The molecule has 8 heteroatoms. The molecule has 0 aromatic carbocycles. The number of unbranched alkanes of at least 4 members (excludes halogenated alkanes) is 15. The van der Waals surface area contributed by atoms with Crippen molar-refractivity contribution in [2.24, 2.45) is 14.1 Å². The van der Waals surface area contributed by atoms with Gasteiger partial charge in [0.1, 0.15) is 0 Å². The Morgan fingerprint density at radius 3 is 2.00 bits per heavy atom. The highest BCUT2D eigenvalue weighted by Crippen LogP contribution is 2.12. The van der Waals surface area contributed by atoms with E-state index in [1.807, 2.05) is 0 Å². The standard InChI is InChI=1S/C30H55N5O3/c1-4-5-6-7-8-9-10-13-16-19-22-31-24-26(36)21-18-15-12-11-14-17-20-23-35-29(37)27-28(32-25-33(27)2)34(3)30(35)38/h25-26,31,36H,4-24H2,1-3H3/t26-/m0/s1. The monoisotopic (exact) mass is 533 g/mol. The van der Waals surface area contributed by atoms with Gasteiger partial charge in [0.25, 0.3) is 5.56 Å². The molecule has 0 radical (unpaired) electrons. The summed E-state index contributed by atoms with van der Waals surface area (Å²) in [6.45, 7) is 4.44. The maximum absolute atomic E-state index is 12.7. The molecule has 0 unspecified atom stereocenters. The average Bonchev–Trinajstić information content (AvgIpc) is 3.30. The molecule has 0 fully saturated rings. The highest BCUT2D eigenvalue weighted by molar-refractivity contribution is 5.69.